The van der Waals surface area contributed by atoms with Crippen molar-refractivity contribution in [3.05, 3.63) is 48.0 Å². The molecule has 1 amide bonds. The maximum atomic E-state index is 12.6. The van der Waals surface area contributed by atoms with Crippen molar-refractivity contribution in [3.63, 3.8) is 0 Å². The molecule has 5 nitrogen and oxygen atoms in total. The topological polar surface area (TPSA) is 86.8 Å². The Morgan fingerprint density at radius 3 is 2.62 bits per heavy atom. The minimum atomic E-state index is -0.379. The predicted octanol–water partition coefficient (Wildman–Crippen LogP) is 2.74. The van der Waals surface area contributed by atoms with Gasteiger partial charge in [0.05, 0.1) is 5.56 Å². The lowest BCUT2D eigenvalue weighted by Crippen LogP contribution is -2.31. The van der Waals surface area contributed by atoms with Gasteiger partial charge in [0.2, 0.25) is 0 Å². The molecule has 0 aromatic heterocycles. The molecule has 0 atom stereocenters. The fraction of sp³-hybridized carbons (Fsp3) is 0.188. The Balaban J connectivity index is 2.42. The zero-order valence-electron chi connectivity index (χ0n) is 11.8. The maximum Gasteiger partial charge on any atom is 0.262 e. The molecule has 110 valence electrons. The number of aromatic hydroxyl groups is 2. The van der Waals surface area contributed by atoms with E-state index in [1.165, 1.54) is 23.1 Å². The standard InChI is InChI=1S/C16H18N2O3/c1-2-8-18(12-5-3-4-11(17)9-12)16(21)14-10-13(19)6-7-15(14)20/h3-7,9-10,19-20H,2,8,17H2,1H3. The Bertz CT molecular complexity index is 656. The predicted molar refractivity (Wildman–Crippen MR) is 82.6 cm³/mol. The van der Waals surface area contributed by atoms with Crippen LogP contribution in [-0.2, 0) is 0 Å². The molecule has 0 aliphatic rings. The van der Waals surface area contributed by atoms with Gasteiger partial charge in [0.25, 0.3) is 5.91 Å². The number of amides is 1. The van der Waals surface area contributed by atoms with Crippen LogP contribution in [0.4, 0.5) is 11.4 Å². The Morgan fingerprint density at radius 2 is 1.95 bits per heavy atom. The fourth-order valence-corrected chi connectivity index (χ4v) is 2.10. The highest BCUT2D eigenvalue weighted by atomic mass is 16.3. The second kappa shape index (κ2) is 6.17. The van der Waals surface area contributed by atoms with E-state index in [4.69, 9.17) is 5.73 Å². The number of anilines is 2. The highest BCUT2D eigenvalue weighted by molar-refractivity contribution is 6.08. The number of nitrogen functional groups attached to an aromatic ring is 1. The molecule has 0 aliphatic heterocycles. The molecule has 0 saturated carbocycles. The molecule has 2 rings (SSSR count). The van der Waals surface area contributed by atoms with Crippen molar-refractivity contribution in [1.29, 1.82) is 0 Å². The first-order chi connectivity index (χ1) is 10.0. The van der Waals surface area contributed by atoms with Gasteiger partial charge >= 0.3 is 0 Å². The van der Waals surface area contributed by atoms with E-state index >= 15 is 0 Å². The highest BCUT2D eigenvalue weighted by Gasteiger charge is 2.20. The van der Waals surface area contributed by atoms with Gasteiger partial charge in [0.15, 0.2) is 0 Å². The first kappa shape index (κ1) is 14.7. The Labute approximate surface area is 123 Å². The van der Waals surface area contributed by atoms with Gasteiger partial charge in [0.1, 0.15) is 11.5 Å². The van der Waals surface area contributed by atoms with Crippen LogP contribution in [0.15, 0.2) is 42.5 Å². The quantitative estimate of drug-likeness (QED) is 0.596. The Kier molecular flexibility index (Phi) is 4.33. The number of nitrogens with two attached hydrogens (primary N) is 1. The smallest absolute Gasteiger partial charge is 0.262 e. The molecule has 0 radical (unpaired) electrons. The third-order valence-corrected chi connectivity index (χ3v) is 3.08. The number of carbonyl (C=O) groups excluding carboxylic acids is 1. The molecule has 0 spiro atoms. The van der Waals surface area contributed by atoms with E-state index in [1.54, 1.807) is 24.3 Å². The molecule has 2 aromatic rings. The summed E-state index contributed by atoms with van der Waals surface area (Å²) in [7, 11) is 0. The summed E-state index contributed by atoms with van der Waals surface area (Å²) in [6.07, 6.45) is 0.750. The summed E-state index contributed by atoms with van der Waals surface area (Å²) >= 11 is 0. The molecule has 2 aromatic carbocycles. The largest absolute Gasteiger partial charge is 0.508 e. The van der Waals surface area contributed by atoms with E-state index in [2.05, 4.69) is 0 Å². The summed E-state index contributed by atoms with van der Waals surface area (Å²) in [5, 5.41) is 19.4. The van der Waals surface area contributed by atoms with Gasteiger partial charge in [-0.15, -0.1) is 0 Å². The number of hydrogen-bond acceptors (Lipinski definition) is 4. The van der Waals surface area contributed by atoms with Crippen molar-refractivity contribution in [3.8, 4) is 11.5 Å². The maximum absolute atomic E-state index is 12.6. The monoisotopic (exact) mass is 286 g/mol. The van der Waals surface area contributed by atoms with Crippen molar-refractivity contribution < 1.29 is 15.0 Å². The van der Waals surface area contributed by atoms with E-state index in [0.29, 0.717) is 17.9 Å². The summed E-state index contributed by atoms with van der Waals surface area (Å²) in [4.78, 5) is 14.2. The molecular formula is C16H18N2O3. The molecule has 0 bridgehead atoms. The number of benzene rings is 2. The Hall–Kier alpha value is -2.69. The molecule has 0 unspecified atom stereocenters. The third-order valence-electron chi connectivity index (χ3n) is 3.08. The van der Waals surface area contributed by atoms with Crippen molar-refractivity contribution in [2.75, 3.05) is 17.2 Å². The SMILES string of the molecule is CCCN(C(=O)c1cc(O)ccc1O)c1cccc(N)c1. The Morgan fingerprint density at radius 1 is 1.19 bits per heavy atom. The van der Waals surface area contributed by atoms with Gasteiger partial charge in [-0.25, -0.2) is 0 Å². The summed E-state index contributed by atoms with van der Waals surface area (Å²) in [5.41, 5.74) is 7.03. The second-order valence-electron chi connectivity index (χ2n) is 4.75. The van der Waals surface area contributed by atoms with E-state index in [9.17, 15) is 15.0 Å². The molecule has 5 heteroatoms. The number of hydrogen-bond donors (Lipinski definition) is 3. The van der Waals surface area contributed by atoms with Gasteiger partial charge < -0.3 is 20.8 Å². The summed E-state index contributed by atoms with van der Waals surface area (Å²) < 4.78 is 0. The number of rotatable bonds is 4. The number of nitrogens with zero attached hydrogens (tertiary/aromatic N) is 1. The number of phenolic OH excluding ortho intramolecular Hbond substituents is 2. The second-order valence-corrected chi connectivity index (χ2v) is 4.75. The average molecular weight is 286 g/mol. The van der Waals surface area contributed by atoms with Gasteiger partial charge in [-0.05, 0) is 42.8 Å². The van der Waals surface area contributed by atoms with Crippen LogP contribution in [-0.4, -0.2) is 22.7 Å². The lowest BCUT2D eigenvalue weighted by Gasteiger charge is -2.23. The van der Waals surface area contributed by atoms with Crippen LogP contribution in [0, 0.1) is 0 Å². The normalized spacial score (nSPS) is 10.3. The molecule has 21 heavy (non-hydrogen) atoms. The van der Waals surface area contributed by atoms with Crippen molar-refractivity contribution in [2.24, 2.45) is 0 Å². The number of phenols is 2. The van der Waals surface area contributed by atoms with Gasteiger partial charge in [-0.3, -0.25) is 4.79 Å². The molecular weight excluding hydrogens is 268 g/mol. The van der Waals surface area contributed by atoms with Crippen LogP contribution in [0.5, 0.6) is 11.5 Å². The number of carbonyl (C=O) groups is 1. The lowest BCUT2D eigenvalue weighted by atomic mass is 10.1. The van der Waals surface area contributed by atoms with Crippen molar-refractivity contribution in [1.82, 2.24) is 0 Å². The van der Waals surface area contributed by atoms with E-state index in [1.807, 2.05) is 6.92 Å². The van der Waals surface area contributed by atoms with Gasteiger partial charge in [-0.2, -0.15) is 0 Å². The highest BCUT2D eigenvalue weighted by Crippen LogP contribution is 2.26. The van der Waals surface area contributed by atoms with Crippen LogP contribution >= 0.6 is 0 Å². The molecule has 0 heterocycles. The molecule has 0 aliphatic carbocycles. The van der Waals surface area contributed by atoms with Crippen LogP contribution in [0.3, 0.4) is 0 Å². The van der Waals surface area contributed by atoms with E-state index < -0.39 is 0 Å². The average Bonchev–Trinajstić information content (AvgIpc) is 2.46. The van der Waals surface area contributed by atoms with Crippen LogP contribution in [0.25, 0.3) is 0 Å². The minimum Gasteiger partial charge on any atom is -0.508 e. The minimum absolute atomic E-state index is 0.0610. The summed E-state index contributed by atoms with van der Waals surface area (Å²) in [5.74, 6) is -0.612. The first-order valence-electron chi connectivity index (χ1n) is 6.72. The zero-order chi connectivity index (χ0) is 15.4. The van der Waals surface area contributed by atoms with Crippen molar-refractivity contribution >= 4 is 17.3 Å². The molecule has 4 N–H and O–H groups in total. The van der Waals surface area contributed by atoms with Crippen molar-refractivity contribution in [2.45, 2.75) is 13.3 Å². The van der Waals surface area contributed by atoms with E-state index in [-0.39, 0.29) is 23.0 Å². The van der Waals surface area contributed by atoms with Gasteiger partial charge in [0, 0.05) is 17.9 Å². The van der Waals surface area contributed by atoms with Crippen LogP contribution in [0.1, 0.15) is 23.7 Å². The molecule has 0 fully saturated rings. The van der Waals surface area contributed by atoms with Crippen LogP contribution < -0.4 is 10.6 Å². The fourth-order valence-electron chi connectivity index (χ4n) is 2.10. The molecule has 0 saturated heterocycles. The lowest BCUT2D eigenvalue weighted by molar-refractivity contribution is 0.0984. The zero-order valence-corrected chi connectivity index (χ0v) is 11.8. The van der Waals surface area contributed by atoms with E-state index in [0.717, 1.165) is 6.42 Å². The summed E-state index contributed by atoms with van der Waals surface area (Å²) in [6.45, 7) is 2.44. The van der Waals surface area contributed by atoms with Gasteiger partial charge in [-0.1, -0.05) is 13.0 Å². The third kappa shape index (κ3) is 3.25. The summed E-state index contributed by atoms with van der Waals surface area (Å²) in [6, 6.07) is 10.9. The van der Waals surface area contributed by atoms with Crippen LogP contribution in [0.2, 0.25) is 0 Å². The first-order valence-corrected chi connectivity index (χ1v) is 6.72.